The van der Waals surface area contributed by atoms with Crippen LogP contribution in [0.1, 0.15) is 13.8 Å². The molecule has 1 aromatic rings. The van der Waals surface area contributed by atoms with Gasteiger partial charge in [0, 0.05) is 19.2 Å². The third kappa shape index (κ3) is 7.42. The molecule has 1 rings (SSSR count). The number of halogens is 1. The highest BCUT2D eigenvalue weighted by Crippen LogP contribution is 2.15. The van der Waals surface area contributed by atoms with Gasteiger partial charge in [0.2, 0.25) is 10.0 Å². The van der Waals surface area contributed by atoms with Crippen LogP contribution in [0.5, 0.6) is 5.75 Å². The summed E-state index contributed by atoms with van der Waals surface area (Å²) in [6.07, 6.45) is 0. The SMILES string of the molecule is CCOCCOc1ccc(S(=O)(=O)NCC(C)NC)cc1.Cl. The number of hydrogen-bond donors (Lipinski definition) is 2. The van der Waals surface area contributed by atoms with Crippen molar-refractivity contribution in [2.45, 2.75) is 24.8 Å². The average Bonchev–Trinajstić information content (AvgIpc) is 2.50. The summed E-state index contributed by atoms with van der Waals surface area (Å²) in [4.78, 5) is 0.225. The molecular weight excluding hydrogens is 328 g/mol. The molecule has 0 amide bonds. The monoisotopic (exact) mass is 352 g/mol. The Labute approximate surface area is 139 Å². The van der Waals surface area contributed by atoms with Crippen molar-refractivity contribution in [2.75, 3.05) is 33.4 Å². The first kappa shape index (κ1) is 21.1. The molecule has 1 unspecified atom stereocenters. The van der Waals surface area contributed by atoms with Crippen molar-refractivity contribution < 1.29 is 17.9 Å². The van der Waals surface area contributed by atoms with Crippen LogP contribution in [-0.2, 0) is 14.8 Å². The number of likely N-dealkylation sites (N-methyl/N-ethyl adjacent to an activating group) is 1. The molecule has 0 aliphatic rings. The van der Waals surface area contributed by atoms with E-state index >= 15 is 0 Å². The topological polar surface area (TPSA) is 76.7 Å². The second-order valence-electron chi connectivity index (χ2n) is 4.56. The Morgan fingerprint density at radius 2 is 1.82 bits per heavy atom. The molecule has 0 aliphatic carbocycles. The summed E-state index contributed by atoms with van der Waals surface area (Å²) in [6, 6.07) is 6.41. The Balaban J connectivity index is 0.00000441. The van der Waals surface area contributed by atoms with Crippen LogP contribution in [0.15, 0.2) is 29.2 Å². The highest BCUT2D eigenvalue weighted by atomic mass is 35.5. The van der Waals surface area contributed by atoms with Crippen LogP contribution in [0, 0.1) is 0 Å². The van der Waals surface area contributed by atoms with Crippen molar-refractivity contribution in [1.82, 2.24) is 10.0 Å². The number of sulfonamides is 1. The second kappa shape index (κ2) is 10.8. The van der Waals surface area contributed by atoms with E-state index in [4.69, 9.17) is 9.47 Å². The number of rotatable bonds is 10. The number of nitrogens with one attached hydrogen (secondary N) is 2. The van der Waals surface area contributed by atoms with E-state index in [1.165, 1.54) is 12.1 Å². The first-order valence-corrected chi connectivity index (χ1v) is 8.45. The van der Waals surface area contributed by atoms with Crippen LogP contribution >= 0.6 is 12.4 Å². The van der Waals surface area contributed by atoms with E-state index in [-0.39, 0.29) is 23.3 Å². The molecule has 0 heterocycles. The van der Waals surface area contributed by atoms with Crippen molar-refractivity contribution in [3.63, 3.8) is 0 Å². The van der Waals surface area contributed by atoms with Gasteiger partial charge in [-0.2, -0.15) is 0 Å². The minimum atomic E-state index is -3.48. The zero-order valence-corrected chi connectivity index (χ0v) is 14.8. The Kier molecular flexibility index (Phi) is 10.4. The molecule has 6 nitrogen and oxygen atoms in total. The second-order valence-corrected chi connectivity index (χ2v) is 6.33. The van der Waals surface area contributed by atoms with Crippen molar-refractivity contribution in [3.05, 3.63) is 24.3 Å². The number of benzene rings is 1. The van der Waals surface area contributed by atoms with Gasteiger partial charge < -0.3 is 14.8 Å². The van der Waals surface area contributed by atoms with E-state index in [9.17, 15) is 8.42 Å². The summed E-state index contributed by atoms with van der Waals surface area (Å²) >= 11 is 0. The van der Waals surface area contributed by atoms with Gasteiger partial charge in [0.25, 0.3) is 0 Å². The van der Waals surface area contributed by atoms with Crippen LogP contribution in [0.3, 0.4) is 0 Å². The first-order chi connectivity index (χ1) is 9.99. The van der Waals surface area contributed by atoms with Crippen LogP contribution in [0.2, 0.25) is 0 Å². The van der Waals surface area contributed by atoms with Gasteiger partial charge in [0.05, 0.1) is 11.5 Å². The molecular formula is C14H25ClN2O4S. The summed E-state index contributed by atoms with van der Waals surface area (Å²) in [5.74, 6) is 0.622. The minimum Gasteiger partial charge on any atom is -0.491 e. The maximum atomic E-state index is 12.1. The van der Waals surface area contributed by atoms with Gasteiger partial charge in [-0.3, -0.25) is 0 Å². The van der Waals surface area contributed by atoms with Gasteiger partial charge in [-0.1, -0.05) is 0 Å². The van der Waals surface area contributed by atoms with E-state index in [1.54, 1.807) is 19.2 Å². The highest BCUT2D eigenvalue weighted by Gasteiger charge is 2.14. The molecule has 0 saturated heterocycles. The van der Waals surface area contributed by atoms with E-state index in [0.29, 0.717) is 32.1 Å². The van der Waals surface area contributed by atoms with Gasteiger partial charge in [-0.15, -0.1) is 12.4 Å². The molecule has 1 atom stereocenters. The molecule has 128 valence electrons. The van der Waals surface area contributed by atoms with E-state index in [1.807, 2.05) is 13.8 Å². The lowest BCUT2D eigenvalue weighted by Gasteiger charge is -2.12. The quantitative estimate of drug-likeness (QED) is 0.623. The molecule has 0 aromatic heterocycles. The highest BCUT2D eigenvalue weighted by molar-refractivity contribution is 7.89. The van der Waals surface area contributed by atoms with Crippen molar-refractivity contribution in [3.8, 4) is 5.75 Å². The predicted molar refractivity (Wildman–Crippen MR) is 89.4 cm³/mol. The average molecular weight is 353 g/mol. The van der Waals surface area contributed by atoms with Crippen LogP contribution < -0.4 is 14.8 Å². The molecule has 0 fully saturated rings. The van der Waals surface area contributed by atoms with Crippen LogP contribution in [0.25, 0.3) is 0 Å². The Morgan fingerprint density at radius 3 is 2.36 bits per heavy atom. The lowest BCUT2D eigenvalue weighted by molar-refractivity contribution is 0.110. The Morgan fingerprint density at radius 1 is 1.18 bits per heavy atom. The fourth-order valence-electron chi connectivity index (χ4n) is 1.50. The maximum Gasteiger partial charge on any atom is 0.240 e. The Bertz CT molecular complexity index is 508. The lowest BCUT2D eigenvalue weighted by Crippen LogP contribution is -2.37. The smallest absolute Gasteiger partial charge is 0.240 e. The predicted octanol–water partition coefficient (Wildman–Crippen LogP) is 1.41. The zero-order valence-electron chi connectivity index (χ0n) is 13.2. The van der Waals surface area contributed by atoms with Crippen LogP contribution in [0.4, 0.5) is 0 Å². The van der Waals surface area contributed by atoms with Crippen molar-refractivity contribution in [2.24, 2.45) is 0 Å². The van der Waals surface area contributed by atoms with Gasteiger partial charge >= 0.3 is 0 Å². The molecule has 0 spiro atoms. The maximum absolute atomic E-state index is 12.1. The van der Waals surface area contributed by atoms with Gasteiger partial charge in [0.15, 0.2) is 0 Å². The molecule has 1 aromatic carbocycles. The van der Waals surface area contributed by atoms with E-state index < -0.39 is 10.0 Å². The Hall–Kier alpha value is -0.860. The summed E-state index contributed by atoms with van der Waals surface area (Å²) in [6.45, 7) is 5.76. The molecule has 8 heteroatoms. The molecule has 0 saturated carbocycles. The van der Waals surface area contributed by atoms with Crippen molar-refractivity contribution >= 4 is 22.4 Å². The first-order valence-electron chi connectivity index (χ1n) is 6.97. The molecule has 0 aliphatic heterocycles. The summed E-state index contributed by atoms with van der Waals surface area (Å²) in [7, 11) is -1.70. The number of ether oxygens (including phenoxy) is 2. The number of hydrogen-bond acceptors (Lipinski definition) is 5. The van der Waals surface area contributed by atoms with Gasteiger partial charge in [-0.25, -0.2) is 13.1 Å². The normalized spacial score (nSPS) is 12.5. The minimum absolute atomic E-state index is 0. The molecule has 2 N–H and O–H groups in total. The van der Waals surface area contributed by atoms with Crippen LogP contribution in [-0.4, -0.2) is 47.9 Å². The fraction of sp³-hybridized carbons (Fsp3) is 0.571. The lowest BCUT2D eigenvalue weighted by atomic mass is 10.3. The zero-order chi connectivity index (χ0) is 15.7. The van der Waals surface area contributed by atoms with Gasteiger partial charge in [-0.05, 0) is 45.2 Å². The largest absolute Gasteiger partial charge is 0.491 e. The molecule has 22 heavy (non-hydrogen) atoms. The molecule has 0 bridgehead atoms. The van der Waals surface area contributed by atoms with Gasteiger partial charge in [0.1, 0.15) is 12.4 Å². The fourth-order valence-corrected chi connectivity index (χ4v) is 2.63. The van der Waals surface area contributed by atoms with Crippen molar-refractivity contribution in [1.29, 1.82) is 0 Å². The summed E-state index contributed by atoms with van der Waals surface area (Å²) < 4.78 is 37.3. The summed E-state index contributed by atoms with van der Waals surface area (Å²) in [5.41, 5.74) is 0. The standard InChI is InChI=1S/C14H24N2O4S.ClH/c1-4-19-9-10-20-13-5-7-14(8-6-13)21(17,18)16-11-12(2)15-3;/h5-8,12,15-16H,4,9-11H2,1-3H3;1H. The van der Waals surface area contributed by atoms with E-state index in [0.717, 1.165) is 0 Å². The summed E-state index contributed by atoms with van der Waals surface area (Å²) in [5, 5.41) is 2.97. The van der Waals surface area contributed by atoms with E-state index in [2.05, 4.69) is 10.0 Å². The third-order valence-corrected chi connectivity index (χ3v) is 4.35. The molecule has 0 radical (unpaired) electrons. The third-order valence-electron chi connectivity index (χ3n) is 2.91.